The molecular formula is C5H14N2O2. The molecule has 4 nitrogen and oxygen atoms in total. The predicted molar refractivity (Wildman–Crippen MR) is 33.5 cm³/mol. The molecule has 56 valence electrons. The molecule has 0 bridgehead atoms. The summed E-state index contributed by atoms with van der Waals surface area (Å²) in [6, 6.07) is 0. The minimum Gasteiger partial charge on any atom is -0.530 e. The van der Waals surface area contributed by atoms with E-state index in [1.807, 2.05) is 0 Å². The van der Waals surface area contributed by atoms with Gasteiger partial charge in [0, 0.05) is 0 Å². The number of rotatable bonds is 0. The number of hydrogen-bond donors (Lipinski definition) is 1. The number of amides is 1. The van der Waals surface area contributed by atoms with Crippen LogP contribution in [0.1, 0.15) is 0 Å². The molecule has 0 aromatic rings. The third-order valence-corrected chi connectivity index (χ3v) is 0. The van der Waals surface area contributed by atoms with Gasteiger partial charge in [0.15, 0.2) is 0 Å². The third kappa shape index (κ3) is 334. The second kappa shape index (κ2) is 4.14. The zero-order valence-electron chi connectivity index (χ0n) is 6.34. The average molecular weight is 134 g/mol. The first-order valence-electron chi connectivity index (χ1n) is 2.49. The molecule has 1 amide bonds. The maximum atomic E-state index is 8.67. The maximum Gasteiger partial charge on any atom is 0.131 e. The lowest BCUT2D eigenvalue weighted by molar-refractivity contribution is -0.849. The van der Waals surface area contributed by atoms with Crippen molar-refractivity contribution in [2.45, 2.75) is 0 Å². The Morgan fingerprint density at radius 1 is 1.33 bits per heavy atom. The van der Waals surface area contributed by atoms with Gasteiger partial charge in [-0.05, 0) is 0 Å². The number of carboxylic acid groups (broad SMARTS) is 1. The van der Waals surface area contributed by atoms with Gasteiger partial charge in [-0.25, -0.2) is 0 Å². The maximum absolute atomic E-state index is 8.67. The molecule has 0 aliphatic rings. The number of carbonyl (C=O) groups excluding carboxylic acids is 1. The molecule has 0 fully saturated rings. The Balaban J connectivity index is 0. The van der Waals surface area contributed by atoms with Gasteiger partial charge >= 0.3 is 0 Å². The van der Waals surface area contributed by atoms with Gasteiger partial charge in [-0.3, -0.25) is 0 Å². The van der Waals surface area contributed by atoms with E-state index in [1.54, 1.807) is 0 Å². The SMILES string of the molecule is C[N+](C)(C)C.NC(=O)[O-]. The van der Waals surface area contributed by atoms with Crippen LogP contribution in [0.25, 0.3) is 0 Å². The number of primary amides is 1. The summed E-state index contributed by atoms with van der Waals surface area (Å²) in [5.41, 5.74) is 3.92. The van der Waals surface area contributed by atoms with Gasteiger partial charge in [0.2, 0.25) is 0 Å². The first-order valence-corrected chi connectivity index (χ1v) is 2.49. The van der Waals surface area contributed by atoms with Gasteiger partial charge in [0.25, 0.3) is 0 Å². The molecule has 0 saturated heterocycles. The molecule has 0 rings (SSSR count). The number of hydrogen-bond acceptors (Lipinski definition) is 2. The van der Waals surface area contributed by atoms with Crippen molar-refractivity contribution in [3.8, 4) is 0 Å². The van der Waals surface area contributed by atoms with Crippen molar-refractivity contribution in [2.75, 3.05) is 28.2 Å². The van der Waals surface area contributed by atoms with E-state index in [4.69, 9.17) is 9.90 Å². The molecular weight excluding hydrogens is 120 g/mol. The Kier molecular flexibility index (Phi) is 5.10. The third-order valence-electron chi connectivity index (χ3n) is 0. The van der Waals surface area contributed by atoms with E-state index >= 15 is 0 Å². The second-order valence-corrected chi connectivity index (χ2v) is 3.00. The van der Waals surface area contributed by atoms with Crippen molar-refractivity contribution in [1.82, 2.24) is 0 Å². The molecule has 9 heavy (non-hydrogen) atoms. The first kappa shape index (κ1) is 11.1. The van der Waals surface area contributed by atoms with Crippen molar-refractivity contribution in [3.63, 3.8) is 0 Å². The lowest BCUT2D eigenvalue weighted by Gasteiger charge is -2.14. The van der Waals surface area contributed by atoms with Crippen LogP contribution in [0.3, 0.4) is 0 Å². The van der Waals surface area contributed by atoms with E-state index < -0.39 is 6.09 Å². The van der Waals surface area contributed by atoms with Gasteiger partial charge < -0.3 is 20.1 Å². The van der Waals surface area contributed by atoms with Crippen LogP contribution in [0.5, 0.6) is 0 Å². The number of nitrogens with zero attached hydrogens (tertiary/aromatic N) is 1. The normalized spacial score (nSPS) is 9.33. The zero-order chi connectivity index (χ0) is 8.08. The smallest absolute Gasteiger partial charge is 0.131 e. The number of nitrogens with two attached hydrogens (primary N) is 1. The van der Waals surface area contributed by atoms with Crippen LogP contribution in [-0.4, -0.2) is 38.8 Å². The largest absolute Gasteiger partial charge is 0.530 e. The van der Waals surface area contributed by atoms with Crippen molar-refractivity contribution >= 4 is 6.09 Å². The summed E-state index contributed by atoms with van der Waals surface area (Å²) < 4.78 is 1.00. The summed E-state index contributed by atoms with van der Waals surface area (Å²) >= 11 is 0. The molecule has 0 unspecified atom stereocenters. The Morgan fingerprint density at radius 3 is 1.33 bits per heavy atom. The molecule has 0 heterocycles. The second-order valence-electron chi connectivity index (χ2n) is 3.00. The van der Waals surface area contributed by atoms with Crippen molar-refractivity contribution < 1.29 is 14.4 Å². The van der Waals surface area contributed by atoms with E-state index in [9.17, 15) is 0 Å². The molecule has 0 spiro atoms. The minimum atomic E-state index is -1.58. The zero-order valence-corrected chi connectivity index (χ0v) is 6.34. The first-order chi connectivity index (χ1) is 3.73. The summed E-state index contributed by atoms with van der Waals surface area (Å²) in [5.74, 6) is 0. The number of quaternary nitrogens is 1. The fraction of sp³-hybridized carbons (Fsp3) is 0.800. The van der Waals surface area contributed by atoms with Gasteiger partial charge in [-0.15, -0.1) is 0 Å². The predicted octanol–water partition coefficient (Wildman–Crippen LogP) is -1.39. The molecule has 0 aliphatic carbocycles. The van der Waals surface area contributed by atoms with Crippen LogP contribution in [0.2, 0.25) is 0 Å². The van der Waals surface area contributed by atoms with Gasteiger partial charge in [0.1, 0.15) is 6.09 Å². The highest BCUT2D eigenvalue weighted by atomic mass is 16.4. The Labute approximate surface area is 55.5 Å². The van der Waals surface area contributed by atoms with Crippen LogP contribution in [-0.2, 0) is 0 Å². The average Bonchev–Trinajstić information content (AvgIpc) is 1.19. The summed E-state index contributed by atoms with van der Waals surface area (Å²) in [7, 11) is 8.50. The summed E-state index contributed by atoms with van der Waals surface area (Å²) in [4.78, 5) is 8.67. The van der Waals surface area contributed by atoms with Crippen molar-refractivity contribution in [3.05, 3.63) is 0 Å². The van der Waals surface area contributed by atoms with Crippen LogP contribution >= 0.6 is 0 Å². The monoisotopic (exact) mass is 134 g/mol. The summed E-state index contributed by atoms with van der Waals surface area (Å²) in [5, 5.41) is 8.67. The molecule has 4 heteroatoms. The highest BCUT2D eigenvalue weighted by Crippen LogP contribution is 1.73. The highest BCUT2D eigenvalue weighted by Gasteiger charge is 1.88. The van der Waals surface area contributed by atoms with Gasteiger partial charge in [0.05, 0.1) is 28.2 Å². The van der Waals surface area contributed by atoms with Crippen LogP contribution in [0, 0.1) is 0 Å². The van der Waals surface area contributed by atoms with Crippen molar-refractivity contribution in [2.24, 2.45) is 5.73 Å². The van der Waals surface area contributed by atoms with Crippen LogP contribution < -0.4 is 10.8 Å². The lowest BCUT2D eigenvalue weighted by atomic mass is 10.8. The summed E-state index contributed by atoms with van der Waals surface area (Å²) in [6.45, 7) is 0. The quantitative estimate of drug-likeness (QED) is 0.414. The molecule has 0 atom stereocenters. The van der Waals surface area contributed by atoms with E-state index in [2.05, 4.69) is 33.9 Å². The molecule has 0 aromatic carbocycles. The van der Waals surface area contributed by atoms with E-state index in [0.29, 0.717) is 0 Å². The minimum absolute atomic E-state index is 1.00. The van der Waals surface area contributed by atoms with Crippen LogP contribution in [0.4, 0.5) is 4.79 Å². The fourth-order valence-electron chi connectivity index (χ4n) is 0. The standard InChI is InChI=1S/C4H12N.CH3NO2/c1-5(2,3)4;2-1(3)4/h1-4H3;2H2,(H,3,4)/q+1;/p-1. The molecule has 0 radical (unpaired) electrons. The topological polar surface area (TPSA) is 66.2 Å². The molecule has 0 aliphatic heterocycles. The Bertz CT molecular complexity index is 75.4. The molecule has 0 aromatic heterocycles. The fourth-order valence-corrected chi connectivity index (χ4v) is 0. The highest BCUT2D eigenvalue weighted by molar-refractivity contribution is 5.58. The Morgan fingerprint density at radius 2 is 1.33 bits per heavy atom. The van der Waals surface area contributed by atoms with E-state index in [-0.39, 0.29) is 0 Å². The van der Waals surface area contributed by atoms with Gasteiger partial charge in [-0.2, -0.15) is 0 Å². The molecule has 2 N–H and O–H groups in total. The molecule has 0 saturated carbocycles. The van der Waals surface area contributed by atoms with Crippen molar-refractivity contribution in [1.29, 1.82) is 0 Å². The number of carbonyl (C=O) groups is 1. The van der Waals surface area contributed by atoms with E-state index in [1.165, 1.54) is 0 Å². The summed E-state index contributed by atoms with van der Waals surface area (Å²) in [6.07, 6.45) is -1.58. The lowest BCUT2D eigenvalue weighted by Crippen LogP contribution is -2.29. The van der Waals surface area contributed by atoms with Gasteiger partial charge in [-0.1, -0.05) is 0 Å². The Hall–Kier alpha value is -0.770. The van der Waals surface area contributed by atoms with Crippen LogP contribution in [0.15, 0.2) is 0 Å². The van der Waals surface area contributed by atoms with E-state index in [0.717, 1.165) is 4.48 Å².